The summed E-state index contributed by atoms with van der Waals surface area (Å²) in [6.45, 7) is -0.219. The highest BCUT2D eigenvalue weighted by atomic mass is 16.5. The van der Waals surface area contributed by atoms with Crippen LogP contribution in [-0.2, 0) is 11.3 Å². The third-order valence-electron chi connectivity index (χ3n) is 4.32. The lowest BCUT2D eigenvalue weighted by atomic mass is 10.1. The van der Waals surface area contributed by atoms with Gasteiger partial charge in [0.1, 0.15) is 0 Å². The van der Waals surface area contributed by atoms with Crippen molar-refractivity contribution >= 4 is 34.3 Å². The quantitative estimate of drug-likeness (QED) is 0.499. The minimum atomic E-state index is -0.730. The maximum absolute atomic E-state index is 12.4. The highest BCUT2D eigenvalue weighted by molar-refractivity contribution is 6.03. The molecule has 0 atom stereocenters. The Morgan fingerprint density at radius 2 is 2.00 bits per heavy atom. The zero-order valence-corrected chi connectivity index (χ0v) is 14.9. The number of aromatic amines is 1. The summed E-state index contributed by atoms with van der Waals surface area (Å²) < 4.78 is 5.28. The number of nitrogens with zero attached hydrogens (tertiary/aromatic N) is 1. The number of primary amides is 1. The minimum Gasteiger partial charge on any atom is -0.481 e. The molecule has 5 N–H and O–H groups in total. The number of para-hydroxylation sites is 1. The van der Waals surface area contributed by atoms with Gasteiger partial charge in [0.2, 0.25) is 0 Å². The van der Waals surface area contributed by atoms with Gasteiger partial charge in [0.05, 0.1) is 22.2 Å². The van der Waals surface area contributed by atoms with Crippen LogP contribution in [0.1, 0.15) is 26.5 Å². The first kappa shape index (κ1) is 18.2. The SMILES string of the molecule is NC(=O)c1cc(CNC(=O)c2nc3ccccc3c(=O)[nH]2)cc2c1OCC(=O)N2. The Morgan fingerprint density at radius 1 is 1.21 bits per heavy atom. The van der Waals surface area contributed by atoms with Gasteiger partial charge in [-0.2, -0.15) is 0 Å². The van der Waals surface area contributed by atoms with Crippen molar-refractivity contribution in [2.75, 3.05) is 11.9 Å². The third-order valence-corrected chi connectivity index (χ3v) is 4.32. The fourth-order valence-electron chi connectivity index (χ4n) is 3.01. The van der Waals surface area contributed by atoms with Gasteiger partial charge >= 0.3 is 0 Å². The van der Waals surface area contributed by atoms with Crippen LogP contribution in [-0.4, -0.2) is 34.3 Å². The maximum atomic E-state index is 12.4. The molecular formula is C19H15N5O5. The number of ether oxygens (including phenoxy) is 1. The minimum absolute atomic E-state index is 0.00119. The Balaban J connectivity index is 1.59. The fraction of sp³-hybridized carbons (Fsp3) is 0.105. The summed E-state index contributed by atoms with van der Waals surface area (Å²) in [5, 5.41) is 5.59. The predicted octanol–water partition coefficient (Wildman–Crippen LogP) is 0.283. The van der Waals surface area contributed by atoms with E-state index in [1.807, 2.05) is 0 Å². The number of amides is 3. The topological polar surface area (TPSA) is 156 Å². The highest BCUT2D eigenvalue weighted by Gasteiger charge is 2.23. The van der Waals surface area contributed by atoms with Crippen LogP contribution in [0.15, 0.2) is 41.2 Å². The molecule has 0 spiro atoms. The van der Waals surface area contributed by atoms with Gasteiger partial charge in [0.15, 0.2) is 18.2 Å². The van der Waals surface area contributed by atoms with Crippen molar-refractivity contribution in [3.05, 3.63) is 63.7 Å². The number of rotatable bonds is 4. The van der Waals surface area contributed by atoms with Gasteiger partial charge in [0, 0.05) is 6.54 Å². The summed E-state index contributed by atoms with van der Waals surface area (Å²) in [4.78, 5) is 54.4. The number of hydrogen-bond donors (Lipinski definition) is 4. The first-order chi connectivity index (χ1) is 13.9. The van der Waals surface area contributed by atoms with Crippen molar-refractivity contribution in [1.29, 1.82) is 0 Å². The first-order valence-electron chi connectivity index (χ1n) is 8.59. The molecule has 3 aromatic rings. The number of nitrogens with two attached hydrogens (primary N) is 1. The Kier molecular flexibility index (Phi) is 4.43. The van der Waals surface area contributed by atoms with Crippen molar-refractivity contribution < 1.29 is 19.1 Å². The van der Waals surface area contributed by atoms with Gasteiger partial charge in [0.25, 0.3) is 23.3 Å². The molecule has 0 aliphatic carbocycles. The van der Waals surface area contributed by atoms with Gasteiger partial charge < -0.3 is 26.1 Å². The van der Waals surface area contributed by atoms with Gasteiger partial charge in [-0.15, -0.1) is 0 Å². The number of nitrogens with one attached hydrogen (secondary N) is 3. The number of H-pyrrole nitrogens is 1. The molecule has 0 saturated carbocycles. The van der Waals surface area contributed by atoms with Crippen LogP contribution in [0.3, 0.4) is 0 Å². The summed E-state index contributed by atoms with van der Waals surface area (Å²) in [7, 11) is 0. The number of aromatic nitrogens is 2. The summed E-state index contributed by atoms with van der Waals surface area (Å²) in [6, 6.07) is 9.69. The zero-order chi connectivity index (χ0) is 20.5. The van der Waals surface area contributed by atoms with Crippen LogP contribution in [0.25, 0.3) is 10.9 Å². The normalized spacial score (nSPS) is 12.6. The van der Waals surface area contributed by atoms with E-state index in [1.165, 1.54) is 6.07 Å². The third kappa shape index (κ3) is 3.50. The Bertz CT molecular complexity index is 1230. The van der Waals surface area contributed by atoms with E-state index in [1.54, 1.807) is 30.3 Å². The predicted molar refractivity (Wildman–Crippen MR) is 103 cm³/mol. The molecule has 10 heteroatoms. The Morgan fingerprint density at radius 3 is 2.79 bits per heavy atom. The molecular weight excluding hydrogens is 378 g/mol. The average molecular weight is 393 g/mol. The molecule has 1 aliphatic rings. The van der Waals surface area contributed by atoms with E-state index in [2.05, 4.69) is 20.6 Å². The molecule has 0 saturated heterocycles. The number of hydrogen-bond acceptors (Lipinski definition) is 6. The van der Waals surface area contributed by atoms with E-state index in [4.69, 9.17) is 10.5 Å². The number of anilines is 1. The van der Waals surface area contributed by atoms with Crippen LogP contribution in [0, 0.1) is 0 Å². The number of fused-ring (bicyclic) bond motifs is 2. The van der Waals surface area contributed by atoms with Gasteiger partial charge in [-0.05, 0) is 29.8 Å². The zero-order valence-electron chi connectivity index (χ0n) is 14.9. The largest absolute Gasteiger partial charge is 0.481 e. The van der Waals surface area contributed by atoms with E-state index in [0.717, 1.165) is 0 Å². The van der Waals surface area contributed by atoms with E-state index in [-0.39, 0.29) is 36.2 Å². The number of carbonyl (C=O) groups excluding carboxylic acids is 3. The van der Waals surface area contributed by atoms with Gasteiger partial charge in [-0.1, -0.05) is 12.1 Å². The van der Waals surface area contributed by atoms with E-state index in [9.17, 15) is 19.2 Å². The molecule has 2 heterocycles. The van der Waals surface area contributed by atoms with Crippen molar-refractivity contribution in [2.24, 2.45) is 5.73 Å². The lowest BCUT2D eigenvalue weighted by Gasteiger charge is -2.21. The second kappa shape index (κ2) is 7.08. The average Bonchev–Trinajstić information content (AvgIpc) is 2.71. The van der Waals surface area contributed by atoms with Crippen molar-refractivity contribution in [3.8, 4) is 5.75 Å². The van der Waals surface area contributed by atoms with Crippen molar-refractivity contribution in [1.82, 2.24) is 15.3 Å². The molecule has 3 amide bonds. The number of benzene rings is 2. The van der Waals surface area contributed by atoms with Crippen LogP contribution >= 0.6 is 0 Å². The smallest absolute Gasteiger partial charge is 0.287 e. The van der Waals surface area contributed by atoms with Gasteiger partial charge in [-0.3, -0.25) is 19.2 Å². The lowest BCUT2D eigenvalue weighted by Crippen LogP contribution is -2.29. The molecule has 0 unspecified atom stereocenters. The highest BCUT2D eigenvalue weighted by Crippen LogP contribution is 2.33. The van der Waals surface area contributed by atoms with Crippen molar-refractivity contribution in [2.45, 2.75) is 6.54 Å². The molecule has 1 aromatic heterocycles. The van der Waals surface area contributed by atoms with E-state index < -0.39 is 17.4 Å². The van der Waals surface area contributed by atoms with Crippen LogP contribution in [0.5, 0.6) is 5.75 Å². The van der Waals surface area contributed by atoms with Gasteiger partial charge in [-0.25, -0.2) is 4.98 Å². The van der Waals surface area contributed by atoms with E-state index >= 15 is 0 Å². The fourth-order valence-corrected chi connectivity index (χ4v) is 3.01. The molecule has 2 aromatic carbocycles. The second-order valence-corrected chi connectivity index (χ2v) is 6.34. The van der Waals surface area contributed by atoms with Crippen LogP contribution in [0.2, 0.25) is 0 Å². The summed E-state index contributed by atoms with van der Waals surface area (Å²) in [5.74, 6) is -1.66. The Labute approximate surface area is 163 Å². The van der Waals surface area contributed by atoms with Crippen LogP contribution in [0.4, 0.5) is 5.69 Å². The molecule has 1 aliphatic heterocycles. The Hall–Kier alpha value is -4.21. The lowest BCUT2D eigenvalue weighted by molar-refractivity contribution is -0.118. The number of carbonyl (C=O) groups is 3. The van der Waals surface area contributed by atoms with Crippen LogP contribution < -0.4 is 26.7 Å². The van der Waals surface area contributed by atoms with Crippen molar-refractivity contribution in [3.63, 3.8) is 0 Å². The van der Waals surface area contributed by atoms with E-state index in [0.29, 0.717) is 22.2 Å². The molecule has 0 fully saturated rings. The maximum Gasteiger partial charge on any atom is 0.287 e. The molecule has 29 heavy (non-hydrogen) atoms. The molecule has 4 rings (SSSR count). The summed E-state index contributed by atoms with van der Waals surface area (Å²) in [5.41, 5.74) is 6.24. The second-order valence-electron chi connectivity index (χ2n) is 6.34. The molecule has 0 bridgehead atoms. The molecule has 10 nitrogen and oxygen atoms in total. The molecule has 0 radical (unpaired) electrons. The first-order valence-corrected chi connectivity index (χ1v) is 8.59. The monoisotopic (exact) mass is 393 g/mol. The summed E-state index contributed by atoms with van der Waals surface area (Å²) in [6.07, 6.45) is 0. The standard InChI is InChI=1S/C19H15N5O5/c20-16(26)11-5-9(6-13-15(11)29-8-14(25)22-13)7-21-19(28)17-23-12-4-2-1-3-10(12)18(27)24-17/h1-6H,7-8H2,(H2,20,26)(H,21,28)(H,22,25)(H,23,24,27). The molecule has 146 valence electrons. The summed E-state index contributed by atoms with van der Waals surface area (Å²) >= 11 is 0.